The second-order valence-corrected chi connectivity index (χ2v) is 6.57. The van der Waals surface area contributed by atoms with Crippen LogP contribution in [-0.2, 0) is 13.1 Å². The van der Waals surface area contributed by atoms with E-state index in [4.69, 9.17) is 4.74 Å². The van der Waals surface area contributed by atoms with E-state index in [1.807, 2.05) is 12.1 Å². The Bertz CT molecular complexity index is 683. The number of piperidine rings is 1. The van der Waals surface area contributed by atoms with Gasteiger partial charge in [0.15, 0.2) is 0 Å². The molecular weight excluding hydrogens is 328 g/mol. The monoisotopic (exact) mass is 354 g/mol. The molecule has 2 N–H and O–H groups in total. The van der Waals surface area contributed by atoms with Gasteiger partial charge in [-0.05, 0) is 24.0 Å². The summed E-state index contributed by atoms with van der Waals surface area (Å²) in [6, 6.07) is 14.3. The van der Waals surface area contributed by atoms with Crippen molar-refractivity contribution in [3.63, 3.8) is 0 Å². The van der Waals surface area contributed by atoms with Crippen LogP contribution in [0.5, 0.6) is 5.88 Å². The molecule has 1 aliphatic heterocycles. The summed E-state index contributed by atoms with van der Waals surface area (Å²) in [6.45, 7) is 3.43. The molecule has 0 saturated carbocycles. The molecular formula is C20H26N4O2. The average Bonchev–Trinajstić information content (AvgIpc) is 2.69. The van der Waals surface area contributed by atoms with Crippen molar-refractivity contribution >= 4 is 6.03 Å². The van der Waals surface area contributed by atoms with Crippen molar-refractivity contribution in [2.24, 2.45) is 0 Å². The van der Waals surface area contributed by atoms with Crippen LogP contribution in [0.15, 0.2) is 48.7 Å². The first-order valence-corrected chi connectivity index (χ1v) is 9.02. The smallest absolute Gasteiger partial charge is 0.315 e. The third-order valence-electron chi connectivity index (χ3n) is 4.63. The van der Waals surface area contributed by atoms with Crippen molar-refractivity contribution in [3.8, 4) is 5.88 Å². The highest BCUT2D eigenvalue weighted by Crippen LogP contribution is 2.14. The molecule has 6 nitrogen and oxygen atoms in total. The Labute approximate surface area is 154 Å². The highest BCUT2D eigenvalue weighted by Gasteiger charge is 2.20. The van der Waals surface area contributed by atoms with Gasteiger partial charge in [-0.2, -0.15) is 0 Å². The summed E-state index contributed by atoms with van der Waals surface area (Å²) in [5.41, 5.74) is 2.28. The van der Waals surface area contributed by atoms with Crippen molar-refractivity contribution < 1.29 is 9.53 Å². The molecule has 2 heterocycles. The standard InChI is InChI=1S/C20H26N4O2/c1-26-19-8-7-17(13-21-19)14-22-20(25)23-18-9-11-24(12-10-18)15-16-5-3-2-4-6-16/h2-8,13,18H,9-12,14-15H2,1H3,(H2,22,23,25). The number of carbonyl (C=O) groups is 1. The van der Waals surface area contributed by atoms with Gasteiger partial charge in [0.1, 0.15) is 0 Å². The molecule has 0 unspecified atom stereocenters. The van der Waals surface area contributed by atoms with Crippen LogP contribution in [0.2, 0.25) is 0 Å². The highest BCUT2D eigenvalue weighted by molar-refractivity contribution is 5.74. The van der Waals surface area contributed by atoms with Gasteiger partial charge in [0.2, 0.25) is 5.88 Å². The van der Waals surface area contributed by atoms with E-state index in [0.29, 0.717) is 12.4 Å². The van der Waals surface area contributed by atoms with Crippen molar-refractivity contribution in [1.82, 2.24) is 20.5 Å². The van der Waals surface area contributed by atoms with E-state index in [1.54, 1.807) is 19.4 Å². The van der Waals surface area contributed by atoms with E-state index in [2.05, 4.69) is 44.8 Å². The molecule has 138 valence electrons. The molecule has 0 bridgehead atoms. The summed E-state index contributed by atoms with van der Waals surface area (Å²) in [4.78, 5) is 18.7. The third kappa shape index (κ3) is 5.46. The van der Waals surface area contributed by atoms with Gasteiger partial charge in [0.25, 0.3) is 0 Å². The van der Waals surface area contributed by atoms with E-state index in [-0.39, 0.29) is 12.1 Å². The van der Waals surface area contributed by atoms with E-state index >= 15 is 0 Å². The summed E-state index contributed by atoms with van der Waals surface area (Å²) in [7, 11) is 1.58. The second kappa shape index (κ2) is 9.20. The molecule has 1 fully saturated rings. The number of urea groups is 1. The Balaban J connectivity index is 1.36. The first kappa shape index (κ1) is 18.2. The van der Waals surface area contributed by atoms with Crippen molar-refractivity contribution in [1.29, 1.82) is 0 Å². The molecule has 0 spiro atoms. The summed E-state index contributed by atoms with van der Waals surface area (Å²) in [5, 5.41) is 5.96. The molecule has 0 radical (unpaired) electrons. The normalized spacial score (nSPS) is 15.4. The highest BCUT2D eigenvalue weighted by atomic mass is 16.5. The number of nitrogens with one attached hydrogen (secondary N) is 2. The van der Waals surface area contributed by atoms with Crippen molar-refractivity contribution in [3.05, 3.63) is 59.8 Å². The van der Waals surface area contributed by atoms with Crippen LogP contribution in [-0.4, -0.2) is 42.2 Å². The number of likely N-dealkylation sites (tertiary alicyclic amines) is 1. The Kier molecular flexibility index (Phi) is 6.44. The zero-order chi connectivity index (χ0) is 18.2. The van der Waals surface area contributed by atoms with Gasteiger partial charge in [-0.15, -0.1) is 0 Å². The number of rotatable bonds is 6. The van der Waals surface area contributed by atoms with Crippen LogP contribution in [0, 0.1) is 0 Å². The lowest BCUT2D eigenvalue weighted by molar-refractivity contribution is 0.186. The molecule has 2 aromatic rings. The molecule has 0 atom stereocenters. The lowest BCUT2D eigenvalue weighted by Crippen LogP contribution is -2.47. The number of aromatic nitrogens is 1. The minimum atomic E-state index is -0.123. The number of nitrogens with zero attached hydrogens (tertiary/aromatic N) is 2. The van der Waals surface area contributed by atoms with Gasteiger partial charge in [0, 0.05) is 44.5 Å². The summed E-state index contributed by atoms with van der Waals surface area (Å²) in [5.74, 6) is 0.570. The fourth-order valence-corrected chi connectivity index (χ4v) is 3.13. The lowest BCUT2D eigenvalue weighted by atomic mass is 10.0. The topological polar surface area (TPSA) is 66.5 Å². The van der Waals surface area contributed by atoms with Crippen LogP contribution >= 0.6 is 0 Å². The zero-order valence-electron chi connectivity index (χ0n) is 15.1. The Morgan fingerprint density at radius 1 is 1.15 bits per heavy atom. The minimum Gasteiger partial charge on any atom is -0.481 e. The van der Waals surface area contributed by atoms with Crippen LogP contribution in [0.3, 0.4) is 0 Å². The van der Waals surface area contributed by atoms with Crippen molar-refractivity contribution in [2.75, 3.05) is 20.2 Å². The maximum absolute atomic E-state index is 12.1. The molecule has 26 heavy (non-hydrogen) atoms. The van der Waals surface area contributed by atoms with E-state index in [9.17, 15) is 4.79 Å². The van der Waals surface area contributed by atoms with Crippen molar-refractivity contribution in [2.45, 2.75) is 32.0 Å². The van der Waals surface area contributed by atoms with Gasteiger partial charge in [-0.3, -0.25) is 4.90 Å². The molecule has 1 aromatic heterocycles. The van der Waals surface area contributed by atoms with E-state index in [1.165, 1.54) is 5.56 Å². The van der Waals surface area contributed by atoms with Gasteiger partial charge < -0.3 is 15.4 Å². The number of pyridine rings is 1. The van der Waals surface area contributed by atoms with Crippen LogP contribution in [0.4, 0.5) is 4.79 Å². The predicted molar refractivity (Wildman–Crippen MR) is 101 cm³/mol. The third-order valence-corrected chi connectivity index (χ3v) is 4.63. The second-order valence-electron chi connectivity index (χ2n) is 6.57. The number of carbonyl (C=O) groups excluding carboxylic acids is 1. The molecule has 1 aliphatic rings. The first-order valence-electron chi connectivity index (χ1n) is 9.02. The fraction of sp³-hybridized carbons (Fsp3) is 0.400. The largest absolute Gasteiger partial charge is 0.481 e. The fourth-order valence-electron chi connectivity index (χ4n) is 3.13. The van der Waals surface area contributed by atoms with Gasteiger partial charge in [-0.1, -0.05) is 36.4 Å². The van der Waals surface area contributed by atoms with Crippen LogP contribution in [0.25, 0.3) is 0 Å². The van der Waals surface area contributed by atoms with Gasteiger partial charge in [-0.25, -0.2) is 9.78 Å². The lowest BCUT2D eigenvalue weighted by Gasteiger charge is -2.32. The SMILES string of the molecule is COc1ccc(CNC(=O)NC2CCN(Cc3ccccc3)CC2)cn1. The average molecular weight is 354 g/mol. The molecule has 1 saturated heterocycles. The van der Waals surface area contributed by atoms with Crippen LogP contribution < -0.4 is 15.4 Å². The Hall–Kier alpha value is -2.60. The summed E-state index contributed by atoms with van der Waals surface area (Å²) >= 11 is 0. The molecule has 1 aromatic carbocycles. The molecule has 3 rings (SSSR count). The first-order chi connectivity index (χ1) is 12.7. The van der Waals surface area contributed by atoms with Gasteiger partial charge >= 0.3 is 6.03 Å². The van der Waals surface area contributed by atoms with E-state index < -0.39 is 0 Å². The maximum atomic E-state index is 12.1. The number of methoxy groups -OCH3 is 1. The summed E-state index contributed by atoms with van der Waals surface area (Å²) in [6.07, 6.45) is 3.66. The maximum Gasteiger partial charge on any atom is 0.315 e. The number of ether oxygens (including phenoxy) is 1. The van der Waals surface area contributed by atoms with Gasteiger partial charge in [0.05, 0.1) is 7.11 Å². The van der Waals surface area contributed by atoms with E-state index in [0.717, 1.165) is 38.0 Å². The number of benzene rings is 1. The van der Waals surface area contributed by atoms with Crippen LogP contribution in [0.1, 0.15) is 24.0 Å². The Morgan fingerprint density at radius 3 is 2.58 bits per heavy atom. The summed E-state index contributed by atoms with van der Waals surface area (Å²) < 4.78 is 5.03. The minimum absolute atomic E-state index is 0.123. The zero-order valence-corrected chi connectivity index (χ0v) is 15.1. The predicted octanol–water partition coefficient (Wildman–Crippen LogP) is 2.55. The quantitative estimate of drug-likeness (QED) is 0.837. The Morgan fingerprint density at radius 2 is 1.92 bits per heavy atom. The molecule has 2 amide bonds. The number of hydrogen-bond donors (Lipinski definition) is 2. The number of amides is 2. The molecule has 0 aliphatic carbocycles. The molecule has 6 heteroatoms. The number of hydrogen-bond acceptors (Lipinski definition) is 4.